The minimum absolute atomic E-state index is 0.106. The first-order valence-corrected chi connectivity index (χ1v) is 14.3. The number of anilines is 2. The number of halogens is 3. The topological polar surface area (TPSA) is 97.8 Å². The van der Waals surface area contributed by atoms with Crippen molar-refractivity contribution >= 4 is 50.8 Å². The summed E-state index contributed by atoms with van der Waals surface area (Å²) in [6.07, 6.45) is 1.50. The van der Waals surface area contributed by atoms with E-state index in [0.717, 1.165) is 21.2 Å². The lowest BCUT2D eigenvalue weighted by Gasteiger charge is -2.27. The van der Waals surface area contributed by atoms with Crippen molar-refractivity contribution in [3.8, 4) is 23.3 Å². The Labute approximate surface area is 248 Å². The summed E-state index contributed by atoms with van der Waals surface area (Å²) in [4.78, 5) is 23.6. The van der Waals surface area contributed by atoms with E-state index in [1.165, 1.54) is 29.8 Å². The molecule has 2 fully saturated rings. The largest absolute Gasteiger partial charge is 0.453 e. The number of thiophene rings is 1. The normalized spacial score (nSPS) is 18.4. The number of hydrogen-bond donors (Lipinski definition) is 2. The second-order valence-corrected chi connectivity index (χ2v) is 11.0. The number of carbonyl (C=O) groups excluding carboxylic acids is 1. The van der Waals surface area contributed by atoms with Gasteiger partial charge in [-0.2, -0.15) is 4.39 Å². The number of morpholine rings is 1. The van der Waals surface area contributed by atoms with E-state index < -0.39 is 11.6 Å². The van der Waals surface area contributed by atoms with Crippen molar-refractivity contribution in [1.29, 1.82) is 0 Å². The third-order valence-electron chi connectivity index (χ3n) is 6.64. The molecule has 0 bridgehead atoms. The Morgan fingerprint density at radius 1 is 1.17 bits per heavy atom. The standard InChI is InChI=1S/C29H24ClF2N5O4S/c30-21-13-18(5-7-24(21)41-25-3-1-2-22(31)26(25)32)36-28-27-23(34-16-35-28)14-20(42-27)6-4-17-12-19(15-33-17)40-29(38)37-8-10-39-11-9-37/h1-3,5,7,13-14,16-17,19,33H,8-12,15H2,(H,34,35,36)/t17-,19-/m1/s1. The molecule has 0 unspecified atom stereocenters. The molecule has 2 aromatic carbocycles. The number of nitrogens with one attached hydrogen (secondary N) is 2. The number of fused-ring (bicyclic) bond motifs is 1. The van der Waals surface area contributed by atoms with Crippen molar-refractivity contribution in [1.82, 2.24) is 20.2 Å². The molecule has 2 atom stereocenters. The van der Waals surface area contributed by atoms with E-state index in [-0.39, 0.29) is 34.8 Å². The molecule has 2 saturated heterocycles. The van der Waals surface area contributed by atoms with Crippen LogP contribution in [0.25, 0.3) is 10.2 Å². The van der Waals surface area contributed by atoms with E-state index in [4.69, 9.17) is 25.8 Å². The molecule has 42 heavy (non-hydrogen) atoms. The van der Waals surface area contributed by atoms with Gasteiger partial charge in [0.25, 0.3) is 0 Å². The van der Waals surface area contributed by atoms with Crippen molar-refractivity contribution in [3.05, 3.63) is 70.3 Å². The smallest absolute Gasteiger partial charge is 0.410 e. The van der Waals surface area contributed by atoms with Gasteiger partial charge >= 0.3 is 6.09 Å². The van der Waals surface area contributed by atoms with E-state index in [0.29, 0.717) is 50.8 Å². The van der Waals surface area contributed by atoms with Crippen LogP contribution in [0.2, 0.25) is 5.02 Å². The monoisotopic (exact) mass is 611 g/mol. The van der Waals surface area contributed by atoms with E-state index in [1.807, 2.05) is 6.07 Å². The molecule has 6 rings (SSSR count). The van der Waals surface area contributed by atoms with Crippen molar-refractivity contribution in [2.75, 3.05) is 38.2 Å². The molecule has 2 aliphatic heterocycles. The summed E-state index contributed by atoms with van der Waals surface area (Å²) < 4.78 is 44.7. The molecule has 9 nitrogen and oxygen atoms in total. The van der Waals surface area contributed by atoms with Gasteiger partial charge in [0.15, 0.2) is 17.4 Å². The minimum Gasteiger partial charge on any atom is -0.453 e. The molecule has 0 aliphatic carbocycles. The molecule has 4 heterocycles. The highest BCUT2D eigenvalue weighted by molar-refractivity contribution is 7.20. The second kappa shape index (κ2) is 12.5. The van der Waals surface area contributed by atoms with E-state index >= 15 is 0 Å². The number of rotatable bonds is 5. The van der Waals surface area contributed by atoms with Crippen LogP contribution in [0.1, 0.15) is 11.3 Å². The van der Waals surface area contributed by atoms with Crippen LogP contribution in [0.4, 0.5) is 25.1 Å². The van der Waals surface area contributed by atoms with Gasteiger partial charge < -0.3 is 24.4 Å². The Balaban J connectivity index is 1.10. The first-order chi connectivity index (χ1) is 20.4. The fraction of sp³-hybridized carbons (Fsp3) is 0.276. The number of amides is 1. The summed E-state index contributed by atoms with van der Waals surface area (Å²) in [5.74, 6) is 4.80. The molecular formula is C29H24ClF2N5O4S. The van der Waals surface area contributed by atoms with Gasteiger partial charge in [0.1, 0.15) is 18.2 Å². The molecule has 2 aromatic heterocycles. The maximum Gasteiger partial charge on any atom is 0.410 e. The molecule has 1 amide bonds. The summed E-state index contributed by atoms with van der Waals surface area (Å²) in [6.45, 7) is 2.68. The third-order valence-corrected chi connectivity index (χ3v) is 7.98. The summed E-state index contributed by atoms with van der Waals surface area (Å²) in [6, 6.07) is 10.3. The number of carbonyl (C=O) groups is 1. The van der Waals surface area contributed by atoms with Gasteiger partial charge in [-0.25, -0.2) is 19.2 Å². The Bertz CT molecular complexity index is 1690. The Kier molecular flexibility index (Phi) is 8.34. The fourth-order valence-electron chi connectivity index (χ4n) is 4.51. The molecule has 2 N–H and O–H groups in total. The zero-order chi connectivity index (χ0) is 29.1. The molecule has 4 aromatic rings. The summed E-state index contributed by atoms with van der Waals surface area (Å²) in [5.41, 5.74) is 1.34. The highest BCUT2D eigenvalue weighted by Gasteiger charge is 2.28. The molecule has 13 heteroatoms. The molecule has 2 aliphatic rings. The van der Waals surface area contributed by atoms with E-state index in [9.17, 15) is 13.6 Å². The van der Waals surface area contributed by atoms with Gasteiger partial charge in [-0.05, 0) is 36.4 Å². The van der Waals surface area contributed by atoms with Gasteiger partial charge in [-0.3, -0.25) is 5.32 Å². The van der Waals surface area contributed by atoms with Crippen molar-refractivity contribution in [2.24, 2.45) is 0 Å². The van der Waals surface area contributed by atoms with Crippen LogP contribution in [0.15, 0.2) is 48.8 Å². The molecule has 216 valence electrons. The van der Waals surface area contributed by atoms with Crippen molar-refractivity contribution in [3.63, 3.8) is 0 Å². The van der Waals surface area contributed by atoms with Gasteiger partial charge in [-0.1, -0.05) is 29.5 Å². The van der Waals surface area contributed by atoms with Crippen LogP contribution in [0.3, 0.4) is 0 Å². The lowest BCUT2D eigenvalue weighted by atomic mass is 10.2. The average Bonchev–Trinajstić information content (AvgIpc) is 3.63. The summed E-state index contributed by atoms with van der Waals surface area (Å²) in [5, 5.41) is 6.73. The van der Waals surface area contributed by atoms with Gasteiger partial charge in [0.05, 0.1) is 39.4 Å². The Morgan fingerprint density at radius 2 is 2.02 bits per heavy atom. The van der Waals surface area contributed by atoms with Crippen LogP contribution < -0.4 is 15.4 Å². The molecule has 0 spiro atoms. The maximum absolute atomic E-state index is 14.0. The molecule has 0 radical (unpaired) electrons. The number of ether oxygens (including phenoxy) is 3. The van der Waals surface area contributed by atoms with Gasteiger partial charge in [0, 0.05) is 31.7 Å². The summed E-state index contributed by atoms with van der Waals surface area (Å²) in [7, 11) is 0. The Morgan fingerprint density at radius 3 is 2.86 bits per heavy atom. The third kappa shape index (κ3) is 6.39. The highest BCUT2D eigenvalue weighted by atomic mass is 35.5. The SMILES string of the molecule is O=C(O[C@H]1CN[C@H](C#Cc2cc3ncnc(Nc4ccc(Oc5cccc(F)c5F)c(Cl)c4)c3s2)C1)N1CCOCC1. The summed E-state index contributed by atoms with van der Waals surface area (Å²) >= 11 is 7.81. The minimum atomic E-state index is -1.09. The van der Waals surface area contributed by atoms with Crippen LogP contribution in [0.5, 0.6) is 11.5 Å². The van der Waals surface area contributed by atoms with Crippen LogP contribution in [-0.2, 0) is 9.47 Å². The second-order valence-electron chi connectivity index (χ2n) is 9.54. The zero-order valence-corrected chi connectivity index (χ0v) is 23.6. The first kappa shape index (κ1) is 28.1. The van der Waals surface area contributed by atoms with Crippen LogP contribution in [-0.4, -0.2) is 66.0 Å². The van der Waals surface area contributed by atoms with Gasteiger partial charge in [-0.15, -0.1) is 11.3 Å². The zero-order valence-electron chi connectivity index (χ0n) is 22.0. The molecule has 0 saturated carbocycles. The van der Waals surface area contributed by atoms with E-state index in [1.54, 1.807) is 23.1 Å². The number of hydrogen-bond acceptors (Lipinski definition) is 9. The first-order valence-electron chi connectivity index (χ1n) is 13.1. The lowest BCUT2D eigenvalue weighted by Crippen LogP contribution is -2.42. The maximum atomic E-state index is 14.0. The van der Waals surface area contributed by atoms with Crippen LogP contribution >= 0.6 is 22.9 Å². The highest BCUT2D eigenvalue weighted by Crippen LogP contribution is 2.35. The average molecular weight is 612 g/mol. The predicted octanol–water partition coefficient (Wildman–Crippen LogP) is 5.71. The fourth-order valence-corrected chi connectivity index (χ4v) is 5.64. The number of nitrogens with zero attached hydrogens (tertiary/aromatic N) is 3. The van der Waals surface area contributed by atoms with Gasteiger partial charge in [0.2, 0.25) is 5.82 Å². The van der Waals surface area contributed by atoms with Crippen molar-refractivity contribution in [2.45, 2.75) is 18.6 Å². The number of aromatic nitrogens is 2. The predicted molar refractivity (Wildman–Crippen MR) is 155 cm³/mol. The van der Waals surface area contributed by atoms with E-state index in [2.05, 4.69) is 32.4 Å². The number of benzene rings is 2. The quantitative estimate of drug-likeness (QED) is 0.277. The lowest BCUT2D eigenvalue weighted by molar-refractivity contribution is 0.0156. The molecular weight excluding hydrogens is 588 g/mol. The van der Waals surface area contributed by atoms with Crippen LogP contribution in [0, 0.1) is 23.5 Å². The Hall–Kier alpha value is -4.02. The van der Waals surface area contributed by atoms with Crippen molar-refractivity contribution < 1.29 is 27.8 Å².